The topological polar surface area (TPSA) is 52.9 Å². The van der Waals surface area contributed by atoms with Gasteiger partial charge in [0.25, 0.3) is 0 Å². The Morgan fingerprint density at radius 1 is 1.36 bits per heavy atom. The maximum atomic E-state index is 12.9. The van der Waals surface area contributed by atoms with Crippen molar-refractivity contribution in [3.8, 4) is 0 Å². The predicted molar refractivity (Wildman–Crippen MR) is 93.8 cm³/mol. The number of benzene rings is 1. The fraction of sp³-hybridized carbons (Fsp3) is 0.529. The number of aryl methyl sites for hydroxylation is 1. The van der Waals surface area contributed by atoms with Crippen molar-refractivity contribution in [3.63, 3.8) is 0 Å². The third kappa shape index (κ3) is 3.06. The predicted octanol–water partition coefficient (Wildman–Crippen LogP) is 3.32. The maximum absolute atomic E-state index is 12.9. The first-order chi connectivity index (χ1) is 10.2. The summed E-state index contributed by atoms with van der Waals surface area (Å²) in [5.41, 5.74) is 1.99. The molecule has 1 atom stereocenters. The van der Waals surface area contributed by atoms with Crippen LogP contribution in [0.4, 0.5) is 5.69 Å². The number of carbonyl (C=O) groups is 1. The minimum atomic E-state index is -1.09. The number of amides is 1. The van der Waals surface area contributed by atoms with Crippen LogP contribution in [-0.4, -0.2) is 34.1 Å². The normalized spacial score (nSPS) is 21.3. The Kier molecular flexibility index (Phi) is 4.68. The van der Waals surface area contributed by atoms with E-state index in [-0.39, 0.29) is 5.91 Å². The second-order valence-electron chi connectivity index (χ2n) is 6.55. The molecule has 1 N–H and O–H groups in total. The summed E-state index contributed by atoms with van der Waals surface area (Å²) in [7, 11) is 1.68. The number of carbonyl (C=O) groups excluding carboxylic acids is 1. The first kappa shape index (κ1) is 17.0. The summed E-state index contributed by atoms with van der Waals surface area (Å²) >= 11 is 1.33. The third-order valence-corrected chi connectivity index (χ3v) is 5.33. The lowest BCUT2D eigenvalue weighted by Crippen LogP contribution is -2.42. The molecule has 0 aromatic heterocycles. The quantitative estimate of drug-likeness (QED) is 0.929. The van der Waals surface area contributed by atoms with Crippen LogP contribution in [0.5, 0.6) is 0 Å². The molecule has 22 heavy (non-hydrogen) atoms. The highest BCUT2D eigenvalue weighted by Gasteiger charge is 2.46. The summed E-state index contributed by atoms with van der Waals surface area (Å²) < 4.78 is 0. The van der Waals surface area contributed by atoms with Gasteiger partial charge in [-0.15, -0.1) is 0 Å². The molecule has 0 spiro atoms. The van der Waals surface area contributed by atoms with E-state index in [1.54, 1.807) is 25.8 Å². The summed E-state index contributed by atoms with van der Waals surface area (Å²) in [6, 6.07) is 6.15. The summed E-state index contributed by atoms with van der Waals surface area (Å²) in [5.74, 6) is 0.193. The highest BCUT2D eigenvalue weighted by molar-refractivity contribution is 8.16. The Labute approximate surface area is 136 Å². The van der Waals surface area contributed by atoms with E-state index in [1.165, 1.54) is 11.8 Å². The fourth-order valence-corrected chi connectivity index (χ4v) is 3.68. The highest BCUT2D eigenvalue weighted by Crippen LogP contribution is 2.40. The van der Waals surface area contributed by atoms with Crippen molar-refractivity contribution < 1.29 is 9.90 Å². The second kappa shape index (κ2) is 6.05. The average Bonchev–Trinajstić information content (AvgIpc) is 2.74. The number of amidine groups is 1. The Morgan fingerprint density at radius 2 is 2.00 bits per heavy atom. The van der Waals surface area contributed by atoms with E-state index in [2.05, 4.69) is 31.0 Å². The Bertz CT molecular complexity index is 618. The minimum Gasteiger partial charge on any atom is -0.389 e. The summed E-state index contributed by atoms with van der Waals surface area (Å²) in [6.45, 7) is 9.56. The van der Waals surface area contributed by atoms with Crippen LogP contribution in [0.15, 0.2) is 23.2 Å². The van der Waals surface area contributed by atoms with E-state index in [1.807, 2.05) is 13.0 Å². The van der Waals surface area contributed by atoms with Gasteiger partial charge in [-0.1, -0.05) is 37.7 Å². The van der Waals surface area contributed by atoms with E-state index < -0.39 is 10.9 Å². The molecule has 0 saturated carbocycles. The molecule has 1 amide bonds. The van der Waals surface area contributed by atoms with Crippen molar-refractivity contribution in [1.82, 2.24) is 0 Å². The van der Waals surface area contributed by atoms with Gasteiger partial charge in [0, 0.05) is 7.05 Å². The number of aliphatic hydroxyl groups is 1. The molecule has 2 rings (SSSR count). The lowest BCUT2D eigenvalue weighted by molar-refractivity contribution is -0.120. The fourth-order valence-electron chi connectivity index (χ4n) is 2.58. The van der Waals surface area contributed by atoms with Gasteiger partial charge in [-0.25, -0.2) is 0 Å². The van der Waals surface area contributed by atoms with Crippen LogP contribution in [0.1, 0.15) is 44.7 Å². The van der Waals surface area contributed by atoms with Gasteiger partial charge >= 0.3 is 0 Å². The standard InChI is InChI=1S/C17H24N2O2S/c1-10(2)12-8-7-11(3)9-13(12)19-15(20)14(17(4,5)21)22-16(19)18-6/h7-10,14,21H,1-6H3/b18-16-. The maximum Gasteiger partial charge on any atom is 0.249 e. The van der Waals surface area contributed by atoms with Crippen LogP contribution < -0.4 is 4.90 Å². The number of hydrogen-bond donors (Lipinski definition) is 1. The Hall–Kier alpha value is -1.33. The van der Waals surface area contributed by atoms with Gasteiger partial charge in [0.1, 0.15) is 5.25 Å². The number of aliphatic imine (C=N–C) groups is 1. The molecule has 1 saturated heterocycles. The van der Waals surface area contributed by atoms with Gasteiger partial charge < -0.3 is 5.11 Å². The minimum absolute atomic E-state index is 0.106. The van der Waals surface area contributed by atoms with Crippen molar-refractivity contribution in [3.05, 3.63) is 29.3 Å². The zero-order valence-electron chi connectivity index (χ0n) is 14.0. The molecule has 120 valence electrons. The summed E-state index contributed by atoms with van der Waals surface area (Å²) in [6.07, 6.45) is 0. The molecule has 0 aliphatic carbocycles. The molecule has 1 unspecified atom stereocenters. The van der Waals surface area contributed by atoms with Gasteiger partial charge in [0.05, 0.1) is 11.3 Å². The average molecular weight is 320 g/mol. The van der Waals surface area contributed by atoms with Crippen LogP contribution in [0.25, 0.3) is 0 Å². The number of hydrogen-bond acceptors (Lipinski definition) is 4. The smallest absolute Gasteiger partial charge is 0.249 e. The molecule has 1 aromatic rings. The highest BCUT2D eigenvalue weighted by atomic mass is 32.2. The van der Waals surface area contributed by atoms with E-state index in [0.717, 1.165) is 16.8 Å². The van der Waals surface area contributed by atoms with E-state index >= 15 is 0 Å². The number of nitrogens with zero attached hydrogens (tertiary/aromatic N) is 2. The van der Waals surface area contributed by atoms with Crippen molar-refractivity contribution in [2.24, 2.45) is 4.99 Å². The van der Waals surface area contributed by atoms with Gasteiger partial charge in [0.15, 0.2) is 5.17 Å². The van der Waals surface area contributed by atoms with Crippen molar-refractivity contribution in [1.29, 1.82) is 0 Å². The summed E-state index contributed by atoms with van der Waals surface area (Å²) in [5, 5.41) is 10.4. The number of anilines is 1. The molecular formula is C17H24N2O2S. The van der Waals surface area contributed by atoms with Crippen molar-refractivity contribution in [2.75, 3.05) is 11.9 Å². The molecule has 1 fully saturated rings. The molecule has 1 aliphatic heterocycles. The second-order valence-corrected chi connectivity index (χ2v) is 7.62. The molecule has 1 aromatic carbocycles. The molecule has 5 heteroatoms. The monoisotopic (exact) mass is 320 g/mol. The molecule has 4 nitrogen and oxygen atoms in total. The lowest BCUT2D eigenvalue weighted by atomic mass is 9.97. The lowest BCUT2D eigenvalue weighted by Gasteiger charge is -2.25. The Balaban J connectivity index is 2.56. The van der Waals surface area contributed by atoms with Crippen LogP contribution in [-0.2, 0) is 4.79 Å². The molecule has 0 radical (unpaired) electrons. The SMILES string of the molecule is C/N=C1\SC(C(C)(C)O)C(=O)N1c1cc(C)ccc1C(C)C. The van der Waals surface area contributed by atoms with Gasteiger partial charge in [0.2, 0.25) is 5.91 Å². The van der Waals surface area contributed by atoms with Gasteiger partial charge in [-0.3, -0.25) is 14.7 Å². The van der Waals surface area contributed by atoms with Crippen LogP contribution in [0, 0.1) is 6.92 Å². The van der Waals surface area contributed by atoms with Crippen molar-refractivity contribution >= 4 is 28.5 Å². The van der Waals surface area contributed by atoms with Crippen molar-refractivity contribution in [2.45, 2.75) is 51.4 Å². The van der Waals surface area contributed by atoms with E-state index in [4.69, 9.17) is 0 Å². The molecule has 1 heterocycles. The van der Waals surface area contributed by atoms with Crippen LogP contribution in [0.2, 0.25) is 0 Å². The number of thioether (sulfide) groups is 1. The van der Waals surface area contributed by atoms with Crippen LogP contribution in [0.3, 0.4) is 0 Å². The van der Waals surface area contributed by atoms with E-state index in [9.17, 15) is 9.90 Å². The molecule has 0 bridgehead atoms. The first-order valence-corrected chi connectivity index (χ1v) is 8.35. The Morgan fingerprint density at radius 3 is 2.50 bits per heavy atom. The third-order valence-electron chi connectivity index (χ3n) is 3.74. The molecule has 1 aliphatic rings. The number of rotatable bonds is 3. The van der Waals surface area contributed by atoms with Gasteiger partial charge in [-0.05, 0) is 43.9 Å². The van der Waals surface area contributed by atoms with E-state index in [0.29, 0.717) is 11.1 Å². The van der Waals surface area contributed by atoms with Crippen LogP contribution >= 0.6 is 11.8 Å². The zero-order chi connectivity index (χ0) is 16.7. The zero-order valence-corrected chi connectivity index (χ0v) is 14.9. The summed E-state index contributed by atoms with van der Waals surface area (Å²) in [4.78, 5) is 18.8. The molecular weight excluding hydrogens is 296 g/mol. The largest absolute Gasteiger partial charge is 0.389 e. The van der Waals surface area contributed by atoms with Gasteiger partial charge in [-0.2, -0.15) is 0 Å². The first-order valence-electron chi connectivity index (χ1n) is 7.47.